The van der Waals surface area contributed by atoms with E-state index in [0.29, 0.717) is 10.6 Å². The molecule has 0 bridgehead atoms. The van der Waals surface area contributed by atoms with Crippen molar-refractivity contribution in [2.24, 2.45) is 0 Å². The van der Waals surface area contributed by atoms with Crippen molar-refractivity contribution in [1.82, 2.24) is 0 Å². The molecule has 0 atom stereocenters. The second-order valence-electron chi connectivity index (χ2n) is 5.97. The molecule has 0 radical (unpaired) electrons. The molecule has 1 aliphatic carbocycles. The molecule has 0 saturated carbocycles. The largest absolute Gasteiger partial charge is 0.313 e. The molecule has 1 heterocycles. The summed E-state index contributed by atoms with van der Waals surface area (Å²) in [7, 11) is 0. The number of fused-ring (bicyclic) bond motifs is 1. The number of nitriles is 1. The predicted octanol–water partition coefficient (Wildman–Crippen LogP) is 4.93. The molecule has 3 nitrogen and oxygen atoms in total. The van der Waals surface area contributed by atoms with E-state index in [4.69, 9.17) is 0 Å². The van der Waals surface area contributed by atoms with Crippen molar-refractivity contribution in [3.63, 3.8) is 0 Å². The standard InChI is InChI=1S/C20H20N2OS/c21-14-17-16-10-6-1-2-7-11-18(16)24-20(17)22-19(23)13-12-15-8-4-3-5-9-15/h3-5,8-9,12-13H,1-2,6-7,10-11H2,(H,22,23)/b13-12+. The lowest BCUT2D eigenvalue weighted by atomic mass is 9.97. The van der Waals surface area contributed by atoms with Gasteiger partial charge in [-0.3, -0.25) is 4.79 Å². The number of hydrogen-bond acceptors (Lipinski definition) is 3. The molecule has 1 N–H and O–H groups in total. The van der Waals surface area contributed by atoms with Crippen LogP contribution < -0.4 is 5.32 Å². The molecule has 1 aliphatic rings. The van der Waals surface area contributed by atoms with E-state index in [1.165, 1.54) is 30.2 Å². The molecule has 1 amide bonds. The smallest absolute Gasteiger partial charge is 0.249 e. The van der Waals surface area contributed by atoms with E-state index in [-0.39, 0.29) is 5.91 Å². The number of nitrogens with zero attached hydrogens (tertiary/aromatic N) is 1. The molecule has 122 valence electrons. The maximum absolute atomic E-state index is 12.2. The van der Waals surface area contributed by atoms with Gasteiger partial charge < -0.3 is 5.32 Å². The third-order valence-corrected chi connectivity index (χ3v) is 5.45. The third-order valence-electron chi connectivity index (χ3n) is 4.25. The molecule has 24 heavy (non-hydrogen) atoms. The van der Waals surface area contributed by atoms with E-state index in [9.17, 15) is 10.1 Å². The number of rotatable bonds is 3. The minimum atomic E-state index is -0.190. The summed E-state index contributed by atoms with van der Waals surface area (Å²) in [5, 5.41) is 13.1. The van der Waals surface area contributed by atoms with Crippen molar-refractivity contribution < 1.29 is 4.79 Å². The van der Waals surface area contributed by atoms with E-state index in [1.807, 2.05) is 30.3 Å². The van der Waals surface area contributed by atoms with Crippen LogP contribution in [0.3, 0.4) is 0 Å². The summed E-state index contributed by atoms with van der Waals surface area (Å²) in [6.07, 6.45) is 10.0. The zero-order chi connectivity index (χ0) is 16.8. The lowest BCUT2D eigenvalue weighted by Crippen LogP contribution is -2.07. The maximum Gasteiger partial charge on any atom is 0.249 e. The van der Waals surface area contributed by atoms with Crippen molar-refractivity contribution in [1.29, 1.82) is 5.26 Å². The van der Waals surface area contributed by atoms with Gasteiger partial charge in [-0.1, -0.05) is 43.2 Å². The number of thiophene rings is 1. The van der Waals surface area contributed by atoms with Crippen molar-refractivity contribution in [2.45, 2.75) is 38.5 Å². The van der Waals surface area contributed by atoms with Gasteiger partial charge in [0.1, 0.15) is 11.1 Å². The average molecular weight is 336 g/mol. The Kier molecular flexibility index (Phi) is 5.45. The van der Waals surface area contributed by atoms with Gasteiger partial charge in [-0.25, -0.2) is 0 Å². The number of carbonyl (C=O) groups is 1. The summed E-state index contributed by atoms with van der Waals surface area (Å²) in [6.45, 7) is 0. The zero-order valence-electron chi connectivity index (χ0n) is 13.5. The van der Waals surface area contributed by atoms with Crippen LogP contribution in [0.2, 0.25) is 0 Å². The van der Waals surface area contributed by atoms with Gasteiger partial charge >= 0.3 is 0 Å². The van der Waals surface area contributed by atoms with Gasteiger partial charge in [-0.15, -0.1) is 11.3 Å². The van der Waals surface area contributed by atoms with Crippen molar-refractivity contribution in [3.8, 4) is 6.07 Å². The van der Waals surface area contributed by atoms with Crippen molar-refractivity contribution >= 4 is 28.3 Å². The Labute approximate surface area is 146 Å². The van der Waals surface area contributed by atoms with Crippen LogP contribution in [0.25, 0.3) is 6.08 Å². The lowest BCUT2D eigenvalue weighted by molar-refractivity contribution is -0.111. The van der Waals surface area contributed by atoms with E-state index in [2.05, 4.69) is 11.4 Å². The van der Waals surface area contributed by atoms with Crippen LogP contribution in [0.4, 0.5) is 5.00 Å². The van der Waals surface area contributed by atoms with Crippen LogP contribution in [-0.2, 0) is 17.6 Å². The molecular formula is C20H20N2OS. The number of hydrogen-bond donors (Lipinski definition) is 1. The van der Waals surface area contributed by atoms with E-state index >= 15 is 0 Å². The fraction of sp³-hybridized carbons (Fsp3) is 0.300. The molecule has 3 rings (SSSR count). The molecule has 0 fully saturated rings. The lowest BCUT2D eigenvalue weighted by Gasteiger charge is -2.08. The number of nitrogens with one attached hydrogen (secondary N) is 1. The maximum atomic E-state index is 12.2. The molecular weight excluding hydrogens is 316 g/mol. The Morgan fingerprint density at radius 3 is 2.62 bits per heavy atom. The van der Waals surface area contributed by atoms with Gasteiger partial charge in [-0.05, 0) is 42.9 Å². The number of benzene rings is 1. The van der Waals surface area contributed by atoms with Crippen LogP contribution in [0.5, 0.6) is 0 Å². The van der Waals surface area contributed by atoms with Crippen LogP contribution >= 0.6 is 11.3 Å². The first-order chi connectivity index (χ1) is 11.8. The van der Waals surface area contributed by atoms with Crippen molar-refractivity contribution in [2.75, 3.05) is 5.32 Å². The van der Waals surface area contributed by atoms with Gasteiger partial charge in [0.2, 0.25) is 5.91 Å². The van der Waals surface area contributed by atoms with Crippen LogP contribution in [-0.4, -0.2) is 5.91 Å². The van der Waals surface area contributed by atoms with E-state index < -0.39 is 0 Å². The first kappa shape index (κ1) is 16.5. The quantitative estimate of drug-likeness (QED) is 0.808. The predicted molar refractivity (Wildman–Crippen MR) is 99.0 cm³/mol. The van der Waals surface area contributed by atoms with Gasteiger partial charge in [0, 0.05) is 11.0 Å². The Morgan fingerprint density at radius 1 is 1.12 bits per heavy atom. The van der Waals surface area contributed by atoms with Crippen molar-refractivity contribution in [3.05, 3.63) is 58.0 Å². The summed E-state index contributed by atoms with van der Waals surface area (Å²) < 4.78 is 0. The summed E-state index contributed by atoms with van der Waals surface area (Å²) in [4.78, 5) is 13.5. The fourth-order valence-electron chi connectivity index (χ4n) is 3.02. The van der Waals surface area contributed by atoms with E-state index in [0.717, 1.165) is 30.4 Å². The molecule has 0 saturated heterocycles. The average Bonchev–Trinajstić information content (AvgIpc) is 2.89. The summed E-state index contributed by atoms with van der Waals surface area (Å²) in [5.41, 5.74) is 2.80. The fourth-order valence-corrected chi connectivity index (χ4v) is 4.26. The summed E-state index contributed by atoms with van der Waals surface area (Å²) >= 11 is 1.57. The van der Waals surface area contributed by atoms with Gasteiger partial charge in [0.05, 0.1) is 5.56 Å². The van der Waals surface area contributed by atoms with Crippen LogP contribution in [0, 0.1) is 11.3 Å². The highest BCUT2D eigenvalue weighted by Gasteiger charge is 2.19. The molecule has 0 aliphatic heterocycles. The number of carbonyl (C=O) groups excluding carboxylic acids is 1. The molecule has 1 aromatic heterocycles. The Morgan fingerprint density at radius 2 is 1.88 bits per heavy atom. The van der Waals surface area contributed by atoms with E-state index in [1.54, 1.807) is 17.4 Å². The highest BCUT2D eigenvalue weighted by molar-refractivity contribution is 7.16. The summed E-state index contributed by atoms with van der Waals surface area (Å²) in [5.74, 6) is -0.190. The van der Waals surface area contributed by atoms with Gasteiger partial charge in [0.25, 0.3) is 0 Å². The first-order valence-corrected chi connectivity index (χ1v) is 9.18. The van der Waals surface area contributed by atoms with Gasteiger partial charge in [0.15, 0.2) is 0 Å². The molecule has 4 heteroatoms. The van der Waals surface area contributed by atoms with Gasteiger partial charge in [-0.2, -0.15) is 5.26 Å². The third kappa shape index (κ3) is 3.93. The Bertz CT molecular complexity index is 784. The SMILES string of the molecule is N#Cc1c(NC(=O)/C=C/c2ccccc2)sc2c1CCCCCC2. The molecule has 1 aromatic carbocycles. The minimum absolute atomic E-state index is 0.190. The number of aryl methyl sites for hydroxylation is 1. The molecule has 2 aromatic rings. The van der Waals surface area contributed by atoms with Crippen LogP contribution in [0.1, 0.15) is 47.3 Å². The second kappa shape index (κ2) is 7.94. The second-order valence-corrected chi connectivity index (χ2v) is 7.07. The highest BCUT2D eigenvalue weighted by Crippen LogP contribution is 2.36. The topological polar surface area (TPSA) is 52.9 Å². The first-order valence-electron chi connectivity index (χ1n) is 8.36. The normalized spacial score (nSPS) is 14.5. The monoisotopic (exact) mass is 336 g/mol. The highest BCUT2D eigenvalue weighted by atomic mass is 32.1. The van der Waals surface area contributed by atoms with Crippen LogP contribution in [0.15, 0.2) is 36.4 Å². The Hall–Kier alpha value is -2.38. The Balaban J connectivity index is 1.77. The number of anilines is 1. The minimum Gasteiger partial charge on any atom is -0.313 e. The molecule has 0 spiro atoms. The zero-order valence-corrected chi connectivity index (χ0v) is 14.4. The number of amides is 1. The molecule has 0 unspecified atom stereocenters. The summed E-state index contributed by atoms with van der Waals surface area (Å²) in [6, 6.07) is 12.0.